The van der Waals surface area contributed by atoms with Gasteiger partial charge < -0.3 is 19.1 Å². The van der Waals surface area contributed by atoms with Gasteiger partial charge in [-0.3, -0.25) is 0 Å². The van der Waals surface area contributed by atoms with Gasteiger partial charge in [0.25, 0.3) is 0 Å². The first-order valence-electron chi connectivity index (χ1n) is 7.15. The average molecular weight is 297 g/mol. The Morgan fingerprint density at radius 2 is 1.95 bits per heavy atom. The van der Waals surface area contributed by atoms with E-state index in [2.05, 4.69) is 13.2 Å². The lowest BCUT2D eigenvalue weighted by atomic mass is 10.2. The molecule has 1 aliphatic heterocycles. The molecule has 0 radical (unpaired) electrons. The molecule has 0 aliphatic carbocycles. The number of hydrogen-bond acceptors (Lipinski definition) is 4. The third-order valence-corrected chi connectivity index (χ3v) is 2.86. The van der Waals surface area contributed by atoms with Crippen LogP contribution in [0.2, 0.25) is 0 Å². The van der Waals surface area contributed by atoms with Gasteiger partial charge in [0.1, 0.15) is 17.8 Å². The first kappa shape index (κ1) is 17.7. The monoisotopic (exact) mass is 297 g/mol. The molecule has 1 amide bonds. The summed E-state index contributed by atoms with van der Waals surface area (Å²) in [5, 5.41) is 0. The van der Waals surface area contributed by atoms with Crippen LogP contribution in [0.5, 0.6) is 0 Å². The molecule has 0 saturated carbocycles. The van der Waals surface area contributed by atoms with Crippen LogP contribution in [0.1, 0.15) is 34.6 Å². The lowest BCUT2D eigenvalue weighted by Gasteiger charge is -2.29. The fourth-order valence-electron chi connectivity index (χ4n) is 2.13. The van der Waals surface area contributed by atoms with Crippen molar-refractivity contribution in [2.24, 2.45) is 0 Å². The Morgan fingerprint density at radius 1 is 1.33 bits per heavy atom. The summed E-state index contributed by atoms with van der Waals surface area (Å²) in [6.45, 7) is 17.4. The highest BCUT2D eigenvalue weighted by Crippen LogP contribution is 2.29. The topological polar surface area (TPSA) is 48.0 Å². The number of nitrogens with zero attached hydrogens (tertiary/aromatic N) is 1. The van der Waals surface area contributed by atoms with E-state index in [0.717, 1.165) is 0 Å². The third kappa shape index (κ3) is 5.52. The number of carbonyl (C=O) groups excluding carboxylic acids is 1. The summed E-state index contributed by atoms with van der Waals surface area (Å²) in [4.78, 5) is 13.8. The Morgan fingerprint density at radius 3 is 2.43 bits per heavy atom. The van der Waals surface area contributed by atoms with Crippen molar-refractivity contribution in [2.45, 2.75) is 58.2 Å². The van der Waals surface area contributed by atoms with E-state index in [-0.39, 0.29) is 12.2 Å². The van der Waals surface area contributed by atoms with Gasteiger partial charge in [0.2, 0.25) is 0 Å². The quantitative estimate of drug-likeness (QED) is 0.732. The number of carbonyl (C=O) groups is 1. The van der Waals surface area contributed by atoms with Crippen LogP contribution in [-0.2, 0) is 14.2 Å². The minimum Gasteiger partial charge on any atom is -0.444 e. The van der Waals surface area contributed by atoms with Crippen LogP contribution in [0.4, 0.5) is 4.79 Å². The number of amides is 1. The molecule has 0 spiro atoms. The van der Waals surface area contributed by atoms with Gasteiger partial charge in [-0.1, -0.05) is 12.2 Å². The maximum absolute atomic E-state index is 12.2. The molecule has 21 heavy (non-hydrogen) atoms. The first-order chi connectivity index (χ1) is 9.58. The zero-order chi connectivity index (χ0) is 16.3. The summed E-state index contributed by atoms with van der Waals surface area (Å²) in [6, 6.07) is 0. The van der Waals surface area contributed by atoms with E-state index < -0.39 is 17.5 Å². The second-order valence-corrected chi connectivity index (χ2v) is 6.55. The summed E-state index contributed by atoms with van der Waals surface area (Å²) < 4.78 is 17.0. The molecular weight excluding hydrogens is 270 g/mol. The smallest absolute Gasteiger partial charge is 0.410 e. The van der Waals surface area contributed by atoms with E-state index >= 15 is 0 Å². The van der Waals surface area contributed by atoms with Crippen LogP contribution in [-0.4, -0.2) is 47.7 Å². The average Bonchev–Trinajstić information content (AvgIpc) is 2.61. The highest BCUT2D eigenvalue weighted by atomic mass is 16.8. The van der Waals surface area contributed by atoms with Gasteiger partial charge in [-0.25, -0.2) is 4.79 Å². The van der Waals surface area contributed by atoms with E-state index in [1.54, 1.807) is 17.1 Å². The predicted molar refractivity (Wildman–Crippen MR) is 82.0 cm³/mol. The van der Waals surface area contributed by atoms with Gasteiger partial charge in [0.05, 0.1) is 6.54 Å². The van der Waals surface area contributed by atoms with Gasteiger partial charge >= 0.3 is 6.09 Å². The predicted octanol–water partition coefficient (Wildman–Crippen LogP) is 3.12. The Labute approximate surface area is 127 Å². The van der Waals surface area contributed by atoms with Crippen LogP contribution >= 0.6 is 0 Å². The van der Waals surface area contributed by atoms with Gasteiger partial charge in [-0.15, -0.1) is 13.2 Å². The second kappa shape index (κ2) is 6.62. The maximum atomic E-state index is 12.2. The van der Waals surface area contributed by atoms with Crippen LogP contribution in [0, 0.1) is 0 Å². The number of rotatable bonds is 5. The Hall–Kier alpha value is -1.33. The Bertz CT molecular complexity index is 398. The molecule has 1 aliphatic rings. The minimum atomic E-state index is -0.683. The molecule has 1 rings (SSSR count). The highest BCUT2D eigenvalue weighted by Gasteiger charge is 2.41. The molecule has 5 nitrogen and oxygen atoms in total. The van der Waals surface area contributed by atoms with Gasteiger partial charge in [0.15, 0.2) is 5.79 Å². The van der Waals surface area contributed by atoms with Gasteiger partial charge in [-0.05, 0) is 34.6 Å². The summed E-state index contributed by atoms with van der Waals surface area (Å²) in [5.41, 5.74) is -0.541. The van der Waals surface area contributed by atoms with Crippen molar-refractivity contribution in [2.75, 3.05) is 13.1 Å². The van der Waals surface area contributed by atoms with E-state index in [4.69, 9.17) is 14.2 Å². The fourth-order valence-corrected chi connectivity index (χ4v) is 2.13. The summed E-state index contributed by atoms with van der Waals surface area (Å²) in [7, 11) is 0. The molecule has 0 N–H and O–H groups in total. The lowest BCUT2D eigenvalue weighted by Crippen LogP contribution is -2.43. The molecule has 0 aromatic carbocycles. The van der Waals surface area contributed by atoms with Crippen molar-refractivity contribution in [3.8, 4) is 0 Å². The van der Waals surface area contributed by atoms with Crippen LogP contribution in [0.25, 0.3) is 0 Å². The largest absolute Gasteiger partial charge is 0.444 e. The molecule has 1 saturated heterocycles. The zero-order valence-electron chi connectivity index (χ0n) is 13.7. The van der Waals surface area contributed by atoms with Crippen LogP contribution < -0.4 is 0 Å². The standard InChI is InChI=1S/C16H27NO4/c1-8-10-17(14(18)21-15(3,4)5)11-13-12(9-2)19-16(6,7)20-13/h8-9,12-13H,1-2,10-11H2,3-7H3/t12-,13+/m1/s1. The van der Waals surface area contributed by atoms with E-state index in [1.807, 2.05) is 34.6 Å². The zero-order valence-corrected chi connectivity index (χ0v) is 13.7. The van der Waals surface area contributed by atoms with Crippen LogP contribution in [0.15, 0.2) is 25.3 Å². The normalized spacial score (nSPS) is 24.4. The Kier molecular flexibility index (Phi) is 5.59. The Balaban J connectivity index is 2.76. The summed E-state index contributed by atoms with van der Waals surface area (Å²) in [6.07, 6.45) is 2.44. The highest BCUT2D eigenvalue weighted by molar-refractivity contribution is 5.68. The molecule has 0 unspecified atom stereocenters. The molecule has 0 bridgehead atoms. The number of ether oxygens (including phenoxy) is 3. The second-order valence-electron chi connectivity index (χ2n) is 6.55. The minimum absolute atomic E-state index is 0.255. The van der Waals surface area contributed by atoms with Crippen LogP contribution in [0.3, 0.4) is 0 Å². The SMILES string of the molecule is C=CCN(C[C@@H]1OC(C)(C)O[C@@H]1C=C)C(=O)OC(C)(C)C. The molecule has 120 valence electrons. The van der Waals surface area contributed by atoms with Crippen molar-refractivity contribution in [1.29, 1.82) is 0 Å². The summed E-state index contributed by atoms with van der Waals surface area (Å²) in [5.74, 6) is -0.683. The van der Waals surface area contributed by atoms with E-state index in [9.17, 15) is 4.79 Å². The van der Waals surface area contributed by atoms with Crippen molar-refractivity contribution >= 4 is 6.09 Å². The summed E-state index contributed by atoms with van der Waals surface area (Å²) >= 11 is 0. The molecule has 1 heterocycles. The molecule has 0 aromatic heterocycles. The fraction of sp³-hybridized carbons (Fsp3) is 0.688. The first-order valence-corrected chi connectivity index (χ1v) is 7.15. The van der Waals surface area contributed by atoms with Gasteiger partial charge in [0, 0.05) is 6.54 Å². The molecule has 5 heteroatoms. The van der Waals surface area contributed by atoms with Crippen molar-refractivity contribution in [3.63, 3.8) is 0 Å². The van der Waals surface area contributed by atoms with Gasteiger partial charge in [-0.2, -0.15) is 0 Å². The van der Waals surface area contributed by atoms with Crippen molar-refractivity contribution in [1.82, 2.24) is 4.90 Å². The molecule has 2 atom stereocenters. The van der Waals surface area contributed by atoms with Crippen molar-refractivity contribution in [3.05, 3.63) is 25.3 Å². The molecule has 0 aromatic rings. The molecule has 1 fully saturated rings. The third-order valence-electron chi connectivity index (χ3n) is 2.86. The van der Waals surface area contributed by atoms with E-state index in [0.29, 0.717) is 13.1 Å². The lowest BCUT2D eigenvalue weighted by molar-refractivity contribution is -0.144. The maximum Gasteiger partial charge on any atom is 0.410 e. The number of hydrogen-bond donors (Lipinski definition) is 0. The van der Waals surface area contributed by atoms with Crippen molar-refractivity contribution < 1.29 is 19.0 Å². The van der Waals surface area contributed by atoms with E-state index in [1.165, 1.54) is 0 Å². The molecular formula is C16H27NO4.